The van der Waals surface area contributed by atoms with Crippen molar-refractivity contribution in [2.24, 2.45) is 0 Å². The van der Waals surface area contributed by atoms with Gasteiger partial charge in [-0.05, 0) is 44.9 Å². The van der Waals surface area contributed by atoms with Crippen LogP contribution < -0.4 is 5.32 Å². The van der Waals surface area contributed by atoms with Crippen LogP contribution in [0.1, 0.15) is 50.6 Å². The van der Waals surface area contributed by atoms with Gasteiger partial charge in [-0.2, -0.15) is 0 Å². The minimum atomic E-state index is -0.464. The van der Waals surface area contributed by atoms with Gasteiger partial charge in [0.25, 0.3) is 5.91 Å². The van der Waals surface area contributed by atoms with E-state index in [1.54, 1.807) is 30.9 Å². The summed E-state index contributed by atoms with van der Waals surface area (Å²) in [5, 5.41) is 3.31. The standard InChI is InChI=1S/C21H24N2O5S/c1-4-27-20(25)17-15-9-10-23(21(26)28-5-2)12-16(15)29-19(17)22-18(24)14-8-6-7-13(3)11-14/h6-8,11H,4-5,9-10,12H2,1-3H3,(H,22,24). The molecule has 1 N–H and O–H groups in total. The first-order valence-corrected chi connectivity index (χ1v) is 10.4. The highest BCUT2D eigenvalue weighted by molar-refractivity contribution is 7.17. The van der Waals surface area contributed by atoms with E-state index in [4.69, 9.17) is 9.47 Å². The van der Waals surface area contributed by atoms with Gasteiger partial charge >= 0.3 is 12.1 Å². The van der Waals surface area contributed by atoms with Crippen LogP contribution in [-0.4, -0.2) is 42.6 Å². The first-order chi connectivity index (χ1) is 13.9. The van der Waals surface area contributed by atoms with Crippen molar-refractivity contribution in [3.8, 4) is 0 Å². The van der Waals surface area contributed by atoms with Crippen molar-refractivity contribution >= 4 is 34.3 Å². The lowest BCUT2D eigenvalue weighted by atomic mass is 10.0. The number of carbonyl (C=O) groups is 3. The zero-order valence-electron chi connectivity index (χ0n) is 16.7. The molecule has 2 heterocycles. The third-order valence-electron chi connectivity index (χ3n) is 4.57. The molecule has 3 rings (SSSR count). The van der Waals surface area contributed by atoms with Crippen molar-refractivity contribution in [1.82, 2.24) is 4.90 Å². The Morgan fingerprint density at radius 3 is 2.62 bits per heavy atom. The highest BCUT2D eigenvalue weighted by Crippen LogP contribution is 2.38. The second-order valence-corrected chi connectivity index (χ2v) is 7.73. The number of rotatable bonds is 5. The van der Waals surface area contributed by atoms with E-state index < -0.39 is 5.97 Å². The molecule has 0 saturated heterocycles. The van der Waals surface area contributed by atoms with Crippen LogP contribution in [0, 0.1) is 6.92 Å². The average molecular weight is 416 g/mol. The topological polar surface area (TPSA) is 84.9 Å². The maximum atomic E-state index is 12.7. The molecule has 0 saturated carbocycles. The van der Waals surface area contributed by atoms with Crippen molar-refractivity contribution < 1.29 is 23.9 Å². The summed E-state index contributed by atoms with van der Waals surface area (Å²) in [5.41, 5.74) is 2.70. The number of amides is 2. The number of aryl methyl sites for hydroxylation is 1. The minimum absolute atomic E-state index is 0.240. The van der Waals surface area contributed by atoms with Crippen LogP contribution in [0.5, 0.6) is 0 Å². The lowest BCUT2D eigenvalue weighted by Gasteiger charge is -2.26. The Morgan fingerprint density at radius 2 is 1.93 bits per heavy atom. The van der Waals surface area contributed by atoms with Gasteiger partial charge in [-0.15, -0.1) is 11.3 Å². The molecule has 0 spiro atoms. The van der Waals surface area contributed by atoms with Crippen molar-refractivity contribution in [2.45, 2.75) is 33.7 Å². The Bertz CT molecular complexity index is 937. The summed E-state index contributed by atoms with van der Waals surface area (Å²) in [5.74, 6) is -0.755. The zero-order valence-corrected chi connectivity index (χ0v) is 17.6. The maximum absolute atomic E-state index is 12.7. The molecule has 0 fully saturated rings. The molecule has 0 radical (unpaired) electrons. The number of nitrogens with one attached hydrogen (secondary N) is 1. The molecule has 8 heteroatoms. The minimum Gasteiger partial charge on any atom is -0.462 e. The number of nitrogens with zero attached hydrogens (tertiary/aromatic N) is 1. The number of benzene rings is 1. The van der Waals surface area contributed by atoms with E-state index in [0.717, 1.165) is 16.0 Å². The SMILES string of the molecule is CCOC(=O)c1c(NC(=O)c2cccc(C)c2)sc2c1CCN(C(=O)OCC)C2. The number of hydrogen-bond donors (Lipinski definition) is 1. The highest BCUT2D eigenvalue weighted by Gasteiger charge is 2.31. The molecule has 2 aromatic rings. The van der Waals surface area contributed by atoms with E-state index >= 15 is 0 Å². The molecule has 0 atom stereocenters. The van der Waals surface area contributed by atoms with Gasteiger partial charge in [-0.1, -0.05) is 17.7 Å². The fourth-order valence-electron chi connectivity index (χ4n) is 3.24. The average Bonchev–Trinajstić information content (AvgIpc) is 3.05. The summed E-state index contributed by atoms with van der Waals surface area (Å²) in [7, 11) is 0. The molecule has 7 nitrogen and oxygen atoms in total. The summed E-state index contributed by atoms with van der Waals surface area (Å²) >= 11 is 1.30. The molecule has 0 unspecified atom stereocenters. The number of anilines is 1. The third-order valence-corrected chi connectivity index (χ3v) is 5.70. The smallest absolute Gasteiger partial charge is 0.410 e. The highest BCUT2D eigenvalue weighted by atomic mass is 32.1. The first kappa shape index (κ1) is 20.9. The molecule has 154 valence electrons. The summed E-state index contributed by atoms with van der Waals surface area (Å²) < 4.78 is 10.3. The molecule has 1 aliphatic rings. The lowest BCUT2D eigenvalue weighted by molar-refractivity contribution is 0.0526. The van der Waals surface area contributed by atoms with Crippen LogP contribution in [0.15, 0.2) is 24.3 Å². The van der Waals surface area contributed by atoms with Crippen molar-refractivity contribution in [3.05, 3.63) is 51.4 Å². The van der Waals surface area contributed by atoms with Gasteiger partial charge in [0.1, 0.15) is 5.00 Å². The van der Waals surface area contributed by atoms with Crippen molar-refractivity contribution in [2.75, 3.05) is 25.1 Å². The van der Waals surface area contributed by atoms with Crippen LogP contribution >= 0.6 is 11.3 Å². The fraction of sp³-hybridized carbons (Fsp3) is 0.381. The Hall–Kier alpha value is -2.87. The number of hydrogen-bond acceptors (Lipinski definition) is 6. The van der Waals surface area contributed by atoms with Gasteiger partial charge in [-0.25, -0.2) is 9.59 Å². The molecular weight excluding hydrogens is 392 g/mol. The summed E-state index contributed by atoms with van der Waals surface area (Å²) in [6.45, 7) is 6.74. The van der Waals surface area contributed by atoms with E-state index in [1.165, 1.54) is 11.3 Å². The summed E-state index contributed by atoms with van der Waals surface area (Å²) in [6.07, 6.45) is 0.119. The number of carbonyl (C=O) groups excluding carboxylic acids is 3. The first-order valence-electron chi connectivity index (χ1n) is 9.55. The zero-order chi connectivity index (χ0) is 21.0. The Kier molecular flexibility index (Phi) is 6.53. The molecule has 0 aliphatic carbocycles. The van der Waals surface area contributed by atoms with E-state index in [2.05, 4.69) is 5.32 Å². The van der Waals surface area contributed by atoms with Crippen molar-refractivity contribution in [3.63, 3.8) is 0 Å². The molecule has 2 amide bonds. The monoisotopic (exact) mass is 416 g/mol. The van der Waals surface area contributed by atoms with Gasteiger partial charge in [0, 0.05) is 17.0 Å². The molecule has 1 aliphatic heterocycles. The van der Waals surface area contributed by atoms with Crippen LogP contribution in [-0.2, 0) is 22.4 Å². The largest absolute Gasteiger partial charge is 0.462 e. The summed E-state index contributed by atoms with van der Waals surface area (Å²) in [4.78, 5) is 39.9. The normalized spacial score (nSPS) is 12.9. The van der Waals surface area contributed by atoms with Gasteiger partial charge in [0.15, 0.2) is 0 Å². The molecule has 0 bridgehead atoms. The number of ether oxygens (including phenoxy) is 2. The second kappa shape index (κ2) is 9.09. The van der Waals surface area contributed by atoms with E-state index in [0.29, 0.717) is 42.2 Å². The van der Waals surface area contributed by atoms with Crippen molar-refractivity contribution in [1.29, 1.82) is 0 Å². The number of esters is 1. The van der Waals surface area contributed by atoms with Gasteiger partial charge in [0.2, 0.25) is 0 Å². The fourth-order valence-corrected chi connectivity index (χ4v) is 4.49. The Balaban J connectivity index is 1.91. The predicted octanol–water partition coefficient (Wildman–Crippen LogP) is 4.00. The predicted molar refractivity (Wildman–Crippen MR) is 111 cm³/mol. The molecular formula is C21H24N2O5S. The van der Waals surface area contributed by atoms with E-state index in [-0.39, 0.29) is 18.6 Å². The van der Waals surface area contributed by atoms with Crippen LogP contribution in [0.4, 0.5) is 9.80 Å². The van der Waals surface area contributed by atoms with Gasteiger partial charge in [-0.3, -0.25) is 4.79 Å². The van der Waals surface area contributed by atoms with Crippen LogP contribution in [0.25, 0.3) is 0 Å². The van der Waals surface area contributed by atoms with E-state index in [9.17, 15) is 14.4 Å². The van der Waals surface area contributed by atoms with Gasteiger partial charge in [0.05, 0.1) is 25.3 Å². The molecule has 1 aromatic carbocycles. The Morgan fingerprint density at radius 1 is 1.17 bits per heavy atom. The molecule has 1 aromatic heterocycles. The quantitative estimate of drug-likeness (QED) is 0.745. The van der Waals surface area contributed by atoms with Gasteiger partial charge < -0.3 is 19.7 Å². The third kappa shape index (κ3) is 4.59. The lowest BCUT2D eigenvalue weighted by Crippen LogP contribution is -2.36. The maximum Gasteiger partial charge on any atom is 0.410 e. The Labute approximate surface area is 173 Å². The second-order valence-electron chi connectivity index (χ2n) is 6.62. The summed E-state index contributed by atoms with van der Waals surface area (Å²) in [6, 6.07) is 7.24. The number of fused-ring (bicyclic) bond motifs is 1. The molecule has 29 heavy (non-hydrogen) atoms. The van der Waals surface area contributed by atoms with Crippen LogP contribution in [0.3, 0.4) is 0 Å². The van der Waals surface area contributed by atoms with E-state index in [1.807, 2.05) is 19.1 Å². The van der Waals surface area contributed by atoms with Crippen LogP contribution in [0.2, 0.25) is 0 Å². The number of thiophene rings is 1.